The molecule has 0 radical (unpaired) electrons. The predicted octanol–water partition coefficient (Wildman–Crippen LogP) is 2.96. The first kappa shape index (κ1) is 18.7. The molecule has 4 N–H and O–H groups in total. The highest BCUT2D eigenvalue weighted by Crippen LogP contribution is 2.55. The van der Waals surface area contributed by atoms with E-state index in [1.54, 1.807) is 18.2 Å². The Hall–Kier alpha value is -4.36. The lowest BCUT2D eigenvalue weighted by Gasteiger charge is -2.32. The summed E-state index contributed by atoms with van der Waals surface area (Å²) in [4.78, 5) is 23.9. The van der Waals surface area contributed by atoms with Gasteiger partial charge in [0, 0.05) is 34.0 Å². The Morgan fingerprint density at radius 2 is 2.00 bits per heavy atom. The third-order valence-electron chi connectivity index (χ3n) is 5.39. The van der Waals surface area contributed by atoms with E-state index in [1.807, 2.05) is 6.07 Å². The number of anilines is 1. The van der Waals surface area contributed by atoms with Gasteiger partial charge >= 0.3 is 0 Å². The zero-order valence-corrected chi connectivity index (χ0v) is 16.2. The number of nitrogens with two attached hydrogens (primary N) is 1. The van der Waals surface area contributed by atoms with E-state index < -0.39 is 16.2 Å². The minimum atomic E-state index is -1.66. The van der Waals surface area contributed by atoms with Crippen molar-refractivity contribution in [3.8, 4) is 23.2 Å². The normalized spacial score (nSPS) is 18.8. The van der Waals surface area contributed by atoms with Gasteiger partial charge in [0.05, 0.1) is 16.2 Å². The molecular formula is C20H11ClN6O4. The quantitative estimate of drug-likeness (QED) is 0.412. The van der Waals surface area contributed by atoms with Crippen LogP contribution in [0.4, 0.5) is 11.4 Å². The number of carbonyl (C=O) groups is 1. The Balaban J connectivity index is 1.84. The van der Waals surface area contributed by atoms with Gasteiger partial charge in [-0.3, -0.25) is 20.0 Å². The molecule has 31 heavy (non-hydrogen) atoms. The fraction of sp³-hybridized carbons (Fsp3) is 0.0500. The lowest BCUT2D eigenvalue weighted by atomic mass is 9.68. The van der Waals surface area contributed by atoms with Gasteiger partial charge in [0.15, 0.2) is 0 Å². The number of nitro groups is 1. The summed E-state index contributed by atoms with van der Waals surface area (Å²) < 4.78 is 5.55. The van der Waals surface area contributed by atoms with Crippen molar-refractivity contribution in [1.29, 1.82) is 5.26 Å². The van der Waals surface area contributed by atoms with Gasteiger partial charge in [0.25, 0.3) is 5.69 Å². The molecule has 1 aromatic heterocycles. The number of aromatic amines is 1. The van der Waals surface area contributed by atoms with Gasteiger partial charge in [-0.15, -0.1) is 5.10 Å². The molecule has 0 saturated heterocycles. The number of non-ortho nitro benzene ring substituents is 1. The van der Waals surface area contributed by atoms with Gasteiger partial charge in [-0.1, -0.05) is 11.6 Å². The molecule has 11 heteroatoms. The van der Waals surface area contributed by atoms with Crippen molar-refractivity contribution >= 4 is 28.9 Å². The summed E-state index contributed by atoms with van der Waals surface area (Å²) in [6, 6.07) is 12.5. The molecule has 0 saturated carbocycles. The average Bonchev–Trinajstić information content (AvgIpc) is 3.28. The van der Waals surface area contributed by atoms with Gasteiger partial charge in [0.1, 0.15) is 17.1 Å². The molecule has 1 unspecified atom stereocenters. The Kier molecular flexibility index (Phi) is 3.80. The highest BCUT2D eigenvalue weighted by atomic mass is 35.5. The molecule has 1 atom stereocenters. The summed E-state index contributed by atoms with van der Waals surface area (Å²) in [6.07, 6.45) is 0. The van der Waals surface area contributed by atoms with Crippen LogP contribution in [0, 0.1) is 21.4 Å². The molecule has 3 heterocycles. The van der Waals surface area contributed by atoms with Crippen molar-refractivity contribution in [2.24, 2.45) is 5.73 Å². The highest BCUT2D eigenvalue weighted by molar-refractivity contribution is 6.31. The predicted molar refractivity (Wildman–Crippen MR) is 109 cm³/mol. The Morgan fingerprint density at radius 3 is 2.68 bits per heavy atom. The van der Waals surface area contributed by atoms with Crippen molar-refractivity contribution in [2.75, 3.05) is 5.32 Å². The van der Waals surface area contributed by atoms with Crippen LogP contribution in [0.5, 0.6) is 5.88 Å². The summed E-state index contributed by atoms with van der Waals surface area (Å²) in [5.41, 5.74) is 6.18. The number of amides is 1. The van der Waals surface area contributed by atoms with Crippen molar-refractivity contribution in [1.82, 2.24) is 10.2 Å². The zero-order chi connectivity index (χ0) is 21.9. The monoisotopic (exact) mass is 434 g/mol. The number of aromatic nitrogens is 2. The van der Waals surface area contributed by atoms with Crippen LogP contribution in [0.3, 0.4) is 0 Å². The first-order valence-electron chi connectivity index (χ1n) is 8.91. The number of carbonyl (C=O) groups excluding carboxylic acids is 1. The molecule has 3 aromatic rings. The maximum absolute atomic E-state index is 13.4. The summed E-state index contributed by atoms with van der Waals surface area (Å²) in [7, 11) is 0. The van der Waals surface area contributed by atoms with Crippen molar-refractivity contribution < 1.29 is 14.5 Å². The molecule has 1 spiro atoms. The van der Waals surface area contributed by atoms with E-state index in [4.69, 9.17) is 22.1 Å². The minimum Gasteiger partial charge on any atom is -0.420 e. The molecule has 152 valence electrons. The smallest absolute Gasteiger partial charge is 0.269 e. The second-order valence-electron chi connectivity index (χ2n) is 6.93. The van der Waals surface area contributed by atoms with E-state index in [-0.39, 0.29) is 28.6 Å². The highest BCUT2D eigenvalue weighted by Gasteiger charge is 2.58. The van der Waals surface area contributed by atoms with Gasteiger partial charge in [-0.25, -0.2) is 0 Å². The molecule has 10 nitrogen and oxygen atoms in total. The van der Waals surface area contributed by atoms with Crippen molar-refractivity contribution in [2.45, 2.75) is 5.41 Å². The number of fused-ring (bicyclic) bond motifs is 4. The van der Waals surface area contributed by atoms with Crippen LogP contribution in [-0.2, 0) is 10.2 Å². The third kappa shape index (κ3) is 2.38. The molecule has 2 aliphatic rings. The van der Waals surface area contributed by atoms with E-state index in [2.05, 4.69) is 15.5 Å². The largest absolute Gasteiger partial charge is 0.420 e. The number of hydrogen-bond acceptors (Lipinski definition) is 7. The fourth-order valence-electron chi connectivity index (χ4n) is 4.08. The SMILES string of the molecule is N#CC1=C(N)Oc2n[nH]c(-c3ccc([N+](=O)[O-])cc3)c2C12C(=O)Nc1ccc(Cl)cc12. The molecule has 0 fully saturated rings. The molecular weight excluding hydrogens is 424 g/mol. The fourth-order valence-corrected chi connectivity index (χ4v) is 4.25. The first-order valence-corrected chi connectivity index (χ1v) is 9.29. The maximum atomic E-state index is 13.4. The lowest BCUT2D eigenvalue weighted by Crippen LogP contribution is -2.42. The number of halogens is 1. The third-order valence-corrected chi connectivity index (χ3v) is 5.62. The Bertz CT molecular complexity index is 1370. The molecule has 2 aliphatic heterocycles. The molecule has 0 bridgehead atoms. The number of benzene rings is 2. The number of ether oxygens (including phenoxy) is 1. The van der Waals surface area contributed by atoms with Gasteiger partial charge < -0.3 is 15.8 Å². The van der Waals surface area contributed by atoms with Crippen LogP contribution in [-0.4, -0.2) is 21.0 Å². The van der Waals surface area contributed by atoms with Crippen LogP contribution in [0.1, 0.15) is 11.1 Å². The lowest BCUT2D eigenvalue weighted by molar-refractivity contribution is -0.384. The van der Waals surface area contributed by atoms with Crippen LogP contribution in [0.2, 0.25) is 5.02 Å². The molecule has 0 aliphatic carbocycles. The number of nitriles is 1. The summed E-state index contributed by atoms with van der Waals surface area (Å²) in [5.74, 6) is -0.745. The summed E-state index contributed by atoms with van der Waals surface area (Å²) in [6.45, 7) is 0. The first-order chi connectivity index (χ1) is 14.9. The summed E-state index contributed by atoms with van der Waals surface area (Å²) >= 11 is 6.22. The van der Waals surface area contributed by atoms with Crippen molar-refractivity contribution in [3.05, 3.63) is 80.2 Å². The van der Waals surface area contributed by atoms with E-state index in [0.29, 0.717) is 27.5 Å². The topological polar surface area (TPSA) is 160 Å². The number of nitro benzene ring substituents is 1. The number of nitrogens with one attached hydrogen (secondary N) is 2. The number of hydrogen-bond donors (Lipinski definition) is 3. The molecule has 5 rings (SSSR count). The second-order valence-corrected chi connectivity index (χ2v) is 7.37. The van der Waals surface area contributed by atoms with Crippen LogP contribution in [0.25, 0.3) is 11.3 Å². The number of H-pyrrole nitrogens is 1. The standard InChI is InChI=1S/C20H11ClN6O4/c21-10-3-6-14-12(7-10)20(19(28)24-14)13(8-22)17(23)31-18-15(20)16(25-26-18)9-1-4-11(5-2-9)27(29)30/h1-7H,23H2,(H,24,28)(H,25,26). The van der Waals surface area contributed by atoms with E-state index >= 15 is 0 Å². The van der Waals surface area contributed by atoms with Crippen LogP contribution < -0.4 is 15.8 Å². The summed E-state index contributed by atoms with van der Waals surface area (Å²) in [5, 5.41) is 31.0. The van der Waals surface area contributed by atoms with E-state index in [9.17, 15) is 20.2 Å². The van der Waals surface area contributed by atoms with Crippen molar-refractivity contribution in [3.63, 3.8) is 0 Å². The molecule has 1 amide bonds. The van der Waals surface area contributed by atoms with Crippen LogP contribution >= 0.6 is 11.6 Å². The van der Waals surface area contributed by atoms with Gasteiger partial charge in [0.2, 0.25) is 17.7 Å². The second kappa shape index (κ2) is 6.32. The zero-order valence-electron chi connectivity index (χ0n) is 15.5. The van der Waals surface area contributed by atoms with E-state index in [0.717, 1.165) is 0 Å². The van der Waals surface area contributed by atoms with Crippen LogP contribution in [0.15, 0.2) is 53.9 Å². The van der Waals surface area contributed by atoms with E-state index in [1.165, 1.54) is 24.3 Å². The average molecular weight is 435 g/mol. The minimum absolute atomic E-state index is 0.0211. The Morgan fingerprint density at radius 1 is 1.26 bits per heavy atom. The Labute approximate surface area is 179 Å². The van der Waals surface area contributed by atoms with Gasteiger partial charge in [-0.2, -0.15) is 5.26 Å². The molecule has 2 aromatic carbocycles. The van der Waals surface area contributed by atoms with Gasteiger partial charge in [-0.05, 0) is 30.3 Å². The number of nitrogens with zero attached hydrogens (tertiary/aromatic N) is 3. The maximum Gasteiger partial charge on any atom is 0.269 e. The number of rotatable bonds is 2.